The third-order valence-electron chi connectivity index (χ3n) is 7.05. The Morgan fingerprint density at radius 2 is 1.62 bits per heavy atom. The van der Waals surface area contributed by atoms with E-state index in [1.807, 2.05) is 13.8 Å². The average molecular weight is 486 g/mol. The predicted molar refractivity (Wildman–Crippen MR) is 135 cm³/mol. The zero-order valence-corrected chi connectivity index (χ0v) is 20.9. The molecule has 2 heterocycles. The van der Waals surface area contributed by atoms with E-state index in [9.17, 15) is 18.3 Å². The number of carboxylic acids is 1. The Hall–Kier alpha value is -2.58. The minimum absolute atomic E-state index is 0.117. The molecule has 2 saturated heterocycles. The Kier molecular flexibility index (Phi) is 7.48. The van der Waals surface area contributed by atoms with E-state index in [-0.39, 0.29) is 16.1 Å². The van der Waals surface area contributed by atoms with Gasteiger partial charge in [0.1, 0.15) is 0 Å². The number of rotatable bonds is 7. The van der Waals surface area contributed by atoms with Crippen molar-refractivity contribution >= 4 is 27.4 Å². The number of sulfonamides is 1. The third-order valence-corrected chi connectivity index (χ3v) is 8.45. The van der Waals surface area contributed by atoms with E-state index in [0.717, 1.165) is 31.5 Å². The molecule has 0 radical (unpaired) electrons. The maximum Gasteiger partial charge on any atom is 0.337 e. The van der Waals surface area contributed by atoms with Gasteiger partial charge in [-0.2, -0.15) is 0 Å². The zero-order chi connectivity index (χ0) is 24.3. The molecule has 7 nitrogen and oxygen atoms in total. The molecular weight excluding hydrogens is 450 g/mol. The average Bonchev–Trinajstić information content (AvgIpc) is 2.84. The number of carboxylic acid groups (broad SMARTS) is 1. The number of carbonyl (C=O) groups is 1. The molecule has 2 aromatic carbocycles. The maximum absolute atomic E-state index is 12.9. The summed E-state index contributed by atoms with van der Waals surface area (Å²) in [5.41, 5.74) is 2.07. The highest BCUT2D eigenvalue weighted by molar-refractivity contribution is 7.92. The summed E-state index contributed by atoms with van der Waals surface area (Å²) in [5.74, 6) is -0.754. The molecule has 34 heavy (non-hydrogen) atoms. The number of nitrogens with zero attached hydrogens (tertiary/aromatic N) is 2. The Balaban J connectivity index is 1.48. The number of benzene rings is 2. The molecule has 4 rings (SSSR count). The van der Waals surface area contributed by atoms with E-state index in [1.54, 1.807) is 36.4 Å². The highest BCUT2D eigenvalue weighted by Gasteiger charge is 2.27. The number of hydrogen-bond donors (Lipinski definition) is 2. The van der Waals surface area contributed by atoms with Gasteiger partial charge in [-0.15, -0.1) is 0 Å². The van der Waals surface area contributed by atoms with Crippen LogP contribution in [0.25, 0.3) is 0 Å². The van der Waals surface area contributed by atoms with Crippen LogP contribution in [0.5, 0.6) is 0 Å². The van der Waals surface area contributed by atoms with Gasteiger partial charge in [0, 0.05) is 24.8 Å². The molecule has 0 bridgehead atoms. The van der Waals surface area contributed by atoms with Gasteiger partial charge < -0.3 is 14.9 Å². The van der Waals surface area contributed by atoms with E-state index >= 15 is 0 Å². The zero-order valence-electron chi connectivity index (χ0n) is 20.0. The van der Waals surface area contributed by atoms with Crippen LogP contribution in [-0.4, -0.2) is 56.6 Å². The van der Waals surface area contributed by atoms with Crippen LogP contribution in [0.15, 0.2) is 47.4 Å². The lowest BCUT2D eigenvalue weighted by atomic mass is 9.98. The molecule has 0 spiro atoms. The normalized spacial score (nSPS) is 18.3. The van der Waals surface area contributed by atoms with Crippen LogP contribution < -0.4 is 9.62 Å². The van der Waals surface area contributed by atoms with Gasteiger partial charge in [0.2, 0.25) is 0 Å². The molecule has 0 saturated carbocycles. The Morgan fingerprint density at radius 1 is 0.971 bits per heavy atom. The second-order valence-corrected chi connectivity index (χ2v) is 11.4. The predicted octanol–water partition coefficient (Wildman–Crippen LogP) is 4.76. The molecule has 8 heteroatoms. The fourth-order valence-electron chi connectivity index (χ4n) is 5.05. The van der Waals surface area contributed by atoms with Crippen LogP contribution in [0.2, 0.25) is 0 Å². The van der Waals surface area contributed by atoms with Crippen molar-refractivity contribution in [2.75, 3.05) is 35.8 Å². The molecule has 2 aliphatic heterocycles. The molecule has 184 valence electrons. The molecule has 0 aromatic heterocycles. The summed E-state index contributed by atoms with van der Waals surface area (Å²) in [4.78, 5) is 16.9. The van der Waals surface area contributed by atoms with Crippen molar-refractivity contribution in [3.8, 4) is 0 Å². The van der Waals surface area contributed by atoms with Gasteiger partial charge in [0.25, 0.3) is 10.0 Å². The molecule has 2 aromatic rings. The van der Waals surface area contributed by atoms with Crippen molar-refractivity contribution < 1.29 is 18.3 Å². The monoisotopic (exact) mass is 485 g/mol. The first-order valence-electron chi connectivity index (χ1n) is 12.2. The Labute approximate surface area is 202 Å². The number of likely N-dealkylation sites (tertiary alicyclic amines) is 1. The topological polar surface area (TPSA) is 90.0 Å². The summed E-state index contributed by atoms with van der Waals surface area (Å²) in [7, 11) is -3.82. The highest BCUT2D eigenvalue weighted by Crippen LogP contribution is 2.30. The Morgan fingerprint density at radius 3 is 2.21 bits per heavy atom. The third kappa shape index (κ3) is 5.55. The number of piperidine rings is 2. The summed E-state index contributed by atoms with van der Waals surface area (Å²) in [6.45, 7) is 8.03. The first kappa shape index (κ1) is 24.5. The molecule has 2 aliphatic rings. The van der Waals surface area contributed by atoms with E-state index in [0.29, 0.717) is 17.6 Å². The molecule has 0 aliphatic carbocycles. The van der Waals surface area contributed by atoms with E-state index in [4.69, 9.17) is 0 Å². The van der Waals surface area contributed by atoms with Gasteiger partial charge >= 0.3 is 5.97 Å². The van der Waals surface area contributed by atoms with Crippen molar-refractivity contribution in [2.24, 2.45) is 0 Å². The summed E-state index contributed by atoms with van der Waals surface area (Å²) in [5, 5.41) is 9.86. The number of nitrogens with one attached hydrogen (secondary N) is 1. The van der Waals surface area contributed by atoms with Crippen LogP contribution in [0, 0.1) is 0 Å². The minimum atomic E-state index is -3.82. The molecule has 2 fully saturated rings. The molecule has 0 unspecified atom stereocenters. The van der Waals surface area contributed by atoms with Gasteiger partial charge in [-0.05, 0) is 80.6 Å². The quantitative estimate of drug-likeness (QED) is 0.588. The summed E-state index contributed by atoms with van der Waals surface area (Å²) < 4.78 is 28.3. The molecule has 2 N–H and O–H groups in total. The lowest BCUT2D eigenvalue weighted by molar-refractivity contribution is 0.0697. The SMILES string of the molecule is CC(C)c1ccc(S(=O)(=O)Nc2ccc(N3CCC(N4CCCCC4)CC3)c(C(=O)O)c2)cc1. The second-order valence-electron chi connectivity index (χ2n) is 9.68. The minimum Gasteiger partial charge on any atom is -0.478 e. The molecule has 0 atom stereocenters. The van der Waals surface area contributed by atoms with E-state index in [2.05, 4.69) is 14.5 Å². The van der Waals surface area contributed by atoms with Gasteiger partial charge in [-0.1, -0.05) is 32.4 Å². The first-order chi connectivity index (χ1) is 16.2. The fraction of sp³-hybridized carbons (Fsp3) is 0.500. The van der Waals surface area contributed by atoms with Crippen molar-refractivity contribution in [3.63, 3.8) is 0 Å². The number of hydrogen-bond acceptors (Lipinski definition) is 5. The van der Waals surface area contributed by atoms with Crippen molar-refractivity contribution in [3.05, 3.63) is 53.6 Å². The van der Waals surface area contributed by atoms with E-state index < -0.39 is 16.0 Å². The lowest BCUT2D eigenvalue weighted by Crippen LogP contribution is -2.47. The van der Waals surface area contributed by atoms with Crippen LogP contribution in [0.4, 0.5) is 11.4 Å². The van der Waals surface area contributed by atoms with Gasteiger partial charge in [0.05, 0.1) is 16.1 Å². The van der Waals surface area contributed by atoms with Crippen molar-refractivity contribution in [1.29, 1.82) is 0 Å². The fourth-order valence-corrected chi connectivity index (χ4v) is 6.10. The highest BCUT2D eigenvalue weighted by atomic mass is 32.2. The standard InChI is InChI=1S/C26H35N3O4S/c1-19(2)20-6-9-23(10-7-20)34(32,33)27-21-8-11-25(24(18-21)26(30)31)29-16-12-22(13-17-29)28-14-4-3-5-15-28/h6-11,18-19,22,27H,3-5,12-17H2,1-2H3,(H,30,31). The number of aromatic carboxylic acids is 1. The second kappa shape index (κ2) is 10.4. The van der Waals surface area contributed by atoms with Gasteiger partial charge in [-0.3, -0.25) is 4.72 Å². The molecule has 0 amide bonds. The summed E-state index contributed by atoms with van der Waals surface area (Å²) in [6, 6.07) is 12.1. The smallest absolute Gasteiger partial charge is 0.337 e. The first-order valence-corrected chi connectivity index (χ1v) is 13.7. The summed E-state index contributed by atoms with van der Waals surface area (Å²) >= 11 is 0. The maximum atomic E-state index is 12.9. The largest absolute Gasteiger partial charge is 0.478 e. The van der Waals surface area contributed by atoms with Crippen LogP contribution in [0.1, 0.15) is 67.8 Å². The number of anilines is 2. The van der Waals surface area contributed by atoms with Gasteiger partial charge in [-0.25, -0.2) is 13.2 Å². The molecular formula is C26H35N3O4S. The van der Waals surface area contributed by atoms with E-state index in [1.165, 1.54) is 38.4 Å². The van der Waals surface area contributed by atoms with Crippen molar-refractivity contribution in [2.45, 2.75) is 62.8 Å². The van der Waals surface area contributed by atoms with Crippen molar-refractivity contribution in [1.82, 2.24) is 4.90 Å². The van der Waals surface area contributed by atoms with Crippen LogP contribution in [-0.2, 0) is 10.0 Å². The Bertz CT molecular complexity index is 1100. The van der Waals surface area contributed by atoms with Crippen LogP contribution in [0.3, 0.4) is 0 Å². The van der Waals surface area contributed by atoms with Gasteiger partial charge in [0.15, 0.2) is 0 Å². The van der Waals surface area contributed by atoms with Crippen LogP contribution >= 0.6 is 0 Å². The lowest BCUT2D eigenvalue weighted by Gasteiger charge is -2.41. The summed E-state index contributed by atoms with van der Waals surface area (Å²) in [6.07, 6.45) is 5.88.